The van der Waals surface area contributed by atoms with Crippen molar-refractivity contribution in [2.45, 2.75) is 17.0 Å². The van der Waals surface area contributed by atoms with E-state index in [4.69, 9.17) is 27.0 Å². The molecule has 0 unspecified atom stereocenters. The number of rotatable bonds is 8. The van der Waals surface area contributed by atoms with Gasteiger partial charge in [0.1, 0.15) is 0 Å². The molecule has 2 aliphatic rings. The second-order valence-electron chi connectivity index (χ2n) is 6.62. The summed E-state index contributed by atoms with van der Waals surface area (Å²) in [4.78, 5) is 1.89. The molecule has 0 heterocycles. The van der Waals surface area contributed by atoms with Gasteiger partial charge in [0, 0.05) is 0 Å². The third-order valence-electron chi connectivity index (χ3n) is 4.77. The van der Waals surface area contributed by atoms with Crippen LogP contribution in [0.5, 0.6) is 11.5 Å². The van der Waals surface area contributed by atoms with Gasteiger partial charge in [-0.3, -0.25) is 0 Å². The molecule has 0 fully saturated rings. The summed E-state index contributed by atoms with van der Waals surface area (Å²) >= 11 is -3.92. The first-order chi connectivity index (χ1) is 14.2. The van der Waals surface area contributed by atoms with E-state index in [2.05, 4.69) is 48.6 Å². The van der Waals surface area contributed by atoms with Gasteiger partial charge in [0.15, 0.2) is 0 Å². The van der Waals surface area contributed by atoms with Crippen LogP contribution in [-0.2, 0) is 21.1 Å². The molecule has 0 amide bonds. The number of benzene rings is 2. The van der Waals surface area contributed by atoms with Crippen molar-refractivity contribution in [3.8, 4) is 11.5 Å². The van der Waals surface area contributed by atoms with E-state index in [9.17, 15) is 0 Å². The van der Waals surface area contributed by atoms with Crippen LogP contribution in [0.1, 0.15) is 0 Å². The van der Waals surface area contributed by atoms with E-state index in [1.807, 2.05) is 48.5 Å². The zero-order valence-corrected chi connectivity index (χ0v) is 20.9. The van der Waals surface area contributed by atoms with Gasteiger partial charge in [0.05, 0.1) is 0 Å². The fourth-order valence-corrected chi connectivity index (χ4v) is 13.3. The van der Waals surface area contributed by atoms with E-state index in [1.165, 1.54) is 22.0 Å². The van der Waals surface area contributed by atoms with Gasteiger partial charge in [0.25, 0.3) is 0 Å². The van der Waals surface area contributed by atoms with Gasteiger partial charge in [-0.15, -0.1) is 0 Å². The van der Waals surface area contributed by atoms with Gasteiger partial charge < -0.3 is 0 Å². The number of halogens is 2. The zero-order valence-electron chi connectivity index (χ0n) is 15.3. The van der Waals surface area contributed by atoms with Crippen molar-refractivity contribution in [1.29, 1.82) is 0 Å². The predicted molar refractivity (Wildman–Crippen MR) is 122 cm³/mol. The molecule has 0 N–H and O–H groups in total. The van der Waals surface area contributed by atoms with E-state index in [0.29, 0.717) is 0 Å². The molecule has 0 bridgehead atoms. The van der Waals surface area contributed by atoms with Crippen LogP contribution in [0.4, 0.5) is 0 Å². The summed E-state index contributed by atoms with van der Waals surface area (Å²) in [5.74, 6) is 1.58. The molecule has 0 saturated carbocycles. The summed E-state index contributed by atoms with van der Waals surface area (Å²) in [7, 11) is 14.3. The Labute approximate surface area is 194 Å². The van der Waals surface area contributed by atoms with Crippen LogP contribution in [0, 0.1) is 0 Å². The molecule has 2 aromatic rings. The second kappa shape index (κ2) is 9.98. The number of allylic oxidation sites excluding steroid dienone is 8. The first kappa shape index (κ1) is 21.4. The molecular weight excluding hydrogens is 523 g/mol. The van der Waals surface area contributed by atoms with Crippen LogP contribution in [0.2, 0.25) is 7.25 Å². The molecule has 148 valence electrons. The zero-order chi connectivity index (χ0) is 20.1. The van der Waals surface area contributed by atoms with Crippen molar-refractivity contribution in [3.05, 3.63) is 97.1 Å². The molecule has 7 heteroatoms. The van der Waals surface area contributed by atoms with E-state index >= 15 is 0 Å². The Kier molecular flexibility index (Phi) is 7.36. The summed E-state index contributed by atoms with van der Waals surface area (Å²) < 4.78 is 14.0. The summed E-state index contributed by atoms with van der Waals surface area (Å²) in [6, 6.07) is 15.8. The molecule has 0 aromatic heterocycles. The topological polar surface area (TPSA) is 18.5 Å². The second-order valence-corrected chi connectivity index (χ2v) is 16.6. The van der Waals surface area contributed by atoms with Gasteiger partial charge in [-0.25, -0.2) is 0 Å². The monoisotopic (exact) mass is 538 g/mol. The SMILES string of the molecule is ClSc1cccc([O][Zr]([O]c2cccc(SCl)c2)([CH]2C=CC=C2)[CH]2C=CC=C2)c1. The molecule has 0 saturated heterocycles. The van der Waals surface area contributed by atoms with E-state index in [0.717, 1.165) is 21.3 Å². The van der Waals surface area contributed by atoms with E-state index in [-0.39, 0.29) is 7.25 Å². The fraction of sp³-hybridized carbons (Fsp3) is 0.0909. The Morgan fingerprint density at radius 1 is 0.655 bits per heavy atom. The minimum atomic E-state index is -3.92. The Hall–Kier alpha value is -0.837. The molecule has 2 aromatic carbocycles. The molecule has 4 rings (SSSR count). The van der Waals surface area contributed by atoms with Crippen molar-refractivity contribution >= 4 is 43.3 Å². The average Bonchev–Trinajstić information content (AvgIpc) is 3.48. The van der Waals surface area contributed by atoms with E-state index in [1.54, 1.807) is 0 Å². The quantitative estimate of drug-likeness (QED) is 0.334. The maximum atomic E-state index is 6.86. The Balaban J connectivity index is 1.78. The molecule has 0 radical (unpaired) electrons. The summed E-state index contributed by atoms with van der Waals surface area (Å²) in [6.07, 6.45) is 17.0. The summed E-state index contributed by atoms with van der Waals surface area (Å²) in [5.41, 5.74) is 0. The molecule has 0 atom stereocenters. The number of hydrogen-bond donors (Lipinski definition) is 0. The number of hydrogen-bond acceptors (Lipinski definition) is 4. The minimum absolute atomic E-state index is 0.126. The van der Waals surface area contributed by atoms with Crippen LogP contribution in [0.3, 0.4) is 0 Å². The Morgan fingerprint density at radius 3 is 1.45 bits per heavy atom. The molecule has 2 nitrogen and oxygen atoms in total. The first-order valence-corrected chi connectivity index (χ1v) is 17.2. The Bertz CT molecular complexity index is 887. The van der Waals surface area contributed by atoms with Crippen molar-refractivity contribution in [1.82, 2.24) is 0 Å². The first-order valence-electron chi connectivity index (χ1n) is 9.09. The van der Waals surface area contributed by atoms with E-state index < -0.39 is 21.1 Å². The molecule has 2 aliphatic carbocycles. The maximum absolute atomic E-state index is 6.86. The van der Waals surface area contributed by atoms with Gasteiger partial charge in [-0.05, 0) is 0 Å². The fourth-order valence-electron chi connectivity index (χ4n) is 3.46. The predicted octanol–water partition coefficient (Wildman–Crippen LogP) is 8.45. The average molecular weight is 541 g/mol. The van der Waals surface area contributed by atoms with Crippen molar-refractivity contribution in [2.75, 3.05) is 0 Å². The molecule has 29 heavy (non-hydrogen) atoms. The van der Waals surface area contributed by atoms with Gasteiger partial charge in [-0.1, -0.05) is 0 Å². The normalized spacial score (nSPS) is 16.1. The molecular formula is C22H18Cl2O2S2Zr. The standard InChI is InChI=1S/2C6H5ClOS.2C5H5.Zr/c2*7-9-6-3-1-2-5(8)4-6;2*1-2-4-5-3-1;/h2*1-4,8H;2*1-5H;/q;;;;+2/p-2. The third-order valence-corrected chi connectivity index (χ3v) is 15.9. The van der Waals surface area contributed by atoms with Crippen molar-refractivity contribution in [2.24, 2.45) is 0 Å². The third kappa shape index (κ3) is 4.91. The van der Waals surface area contributed by atoms with Crippen LogP contribution >= 0.6 is 43.3 Å². The molecule has 0 aliphatic heterocycles. The van der Waals surface area contributed by atoms with Crippen LogP contribution in [-0.4, -0.2) is 0 Å². The van der Waals surface area contributed by atoms with Gasteiger partial charge in [0.2, 0.25) is 0 Å². The van der Waals surface area contributed by atoms with Crippen LogP contribution < -0.4 is 5.63 Å². The molecule has 0 spiro atoms. The van der Waals surface area contributed by atoms with Crippen LogP contribution in [0.25, 0.3) is 0 Å². The van der Waals surface area contributed by atoms with Gasteiger partial charge >= 0.3 is 196 Å². The van der Waals surface area contributed by atoms with Crippen molar-refractivity contribution < 1.29 is 26.8 Å². The van der Waals surface area contributed by atoms with Crippen LogP contribution in [0.15, 0.2) is 107 Å². The Morgan fingerprint density at radius 2 is 1.07 bits per heavy atom. The summed E-state index contributed by atoms with van der Waals surface area (Å²) in [6.45, 7) is 0. The van der Waals surface area contributed by atoms with Gasteiger partial charge in [-0.2, -0.15) is 0 Å². The van der Waals surface area contributed by atoms with Crippen molar-refractivity contribution in [3.63, 3.8) is 0 Å². The summed E-state index contributed by atoms with van der Waals surface area (Å²) in [5, 5.41) is 0.